The van der Waals surface area contributed by atoms with Crippen LogP contribution in [0.4, 0.5) is 26.3 Å². The number of halogens is 12. The second-order valence-corrected chi connectivity index (χ2v) is 17.7. The van der Waals surface area contributed by atoms with Gasteiger partial charge >= 0.3 is 19.8 Å². The topological polar surface area (TPSA) is 259 Å². The maximum absolute atomic E-state index is 12.6. The summed E-state index contributed by atoms with van der Waals surface area (Å²) < 4.78 is 97.6. The zero-order chi connectivity index (χ0) is 51.9. The molecule has 6 aromatic rings. The fourth-order valence-corrected chi connectivity index (χ4v) is 8.10. The van der Waals surface area contributed by atoms with E-state index in [1.54, 1.807) is 24.8 Å². The largest absolute Gasteiger partial charge is 0.870 e. The molecule has 1 aliphatic carbocycles. The molecule has 15 nitrogen and oxygen atoms in total. The summed E-state index contributed by atoms with van der Waals surface area (Å²) in [6, 6.07) is 12.3. The van der Waals surface area contributed by atoms with Gasteiger partial charge in [0.05, 0.1) is 32.0 Å². The van der Waals surface area contributed by atoms with Crippen LogP contribution in [0.5, 0.6) is 34.5 Å². The average Bonchev–Trinajstić information content (AvgIpc) is 4.15. The summed E-state index contributed by atoms with van der Waals surface area (Å²) in [6.45, 7) is -8.52. The van der Waals surface area contributed by atoms with Crippen LogP contribution < -0.4 is 38.6 Å². The number of methoxy groups -OCH3 is 1. The number of H-pyrrole nitrogens is 3. The number of phenols is 1. The van der Waals surface area contributed by atoms with Crippen LogP contribution in [-0.4, -0.2) is 70.4 Å². The molecule has 3 aromatic heterocycles. The second-order valence-electron chi connectivity index (χ2n) is 15.3. The molecule has 0 spiro atoms. The van der Waals surface area contributed by atoms with Crippen molar-refractivity contribution >= 4 is 69.6 Å². The number of pyridine rings is 3. The Balaban J connectivity index is 0.000000374. The van der Waals surface area contributed by atoms with Crippen LogP contribution in [-0.2, 0) is 19.3 Å². The van der Waals surface area contributed by atoms with Crippen molar-refractivity contribution < 1.29 is 102 Å². The summed E-state index contributed by atoms with van der Waals surface area (Å²) in [4.78, 5) is 8.31. The first-order chi connectivity index (χ1) is 33.7. The van der Waals surface area contributed by atoms with E-state index in [1.807, 2.05) is 0 Å². The predicted molar refractivity (Wildman–Crippen MR) is 257 cm³/mol. The van der Waals surface area contributed by atoms with E-state index in [-0.39, 0.29) is 64.4 Å². The number of alkyl halides is 6. The minimum Gasteiger partial charge on any atom is -0.870 e. The van der Waals surface area contributed by atoms with Crippen LogP contribution in [0.15, 0.2) is 91.8 Å². The van der Waals surface area contributed by atoms with Crippen molar-refractivity contribution in [2.75, 3.05) is 13.7 Å². The Labute approximate surface area is 448 Å². The minimum absolute atomic E-state index is 0. The smallest absolute Gasteiger partial charge is 0.387 e. The number of hydrogen-bond donors (Lipinski definition) is 4. The zero-order valence-electron chi connectivity index (χ0n) is 38.2. The van der Waals surface area contributed by atoms with Gasteiger partial charge < -0.3 is 60.5 Å². The van der Waals surface area contributed by atoms with Gasteiger partial charge in [-0.1, -0.05) is 87.8 Å². The summed E-state index contributed by atoms with van der Waals surface area (Å²) in [6.07, 6.45) is 8.93. The molecule has 0 bridgehead atoms. The van der Waals surface area contributed by atoms with E-state index >= 15 is 0 Å². The number of aliphatic hydroxyl groups is 3. The van der Waals surface area contributed by atoms with Gasteiger partial charge in [0, 0.05) is 36.0 Å². The molecule has 7 rings (SSSR count). The number of hydrogen-bond acceptors (Lipinski definition) is 12. The summed E-state index contributed by atoms with van der Waals surface area (Å²) in [5, 5.41) is 43.0. The van der Waals surface area contributed by atoms with Gasteiger partial charge in [0.2, 0.25) is 0 Å². The summed E-state index contributed by atoms with van der Waals surface area (Å²) in [5.41, 5.74) is 2.97. The van der Waals surface area contributed by atoms with Crippen LogP contribution >= 0.6 is 69.6 Å². The molecule has 1 saturated carbocycles. The van der Waals surface area contributed by atoms with Crippen molar-refractivity contribution in [2.45, 2.75) is 70.3 Å². The van der Waals surface area contributed by atoms with E-state index in [2.05, 4.69) is 29.2 Å². The molecule has 406 valence electrons. The summed E-state index contributed by atoms with van der Waals surface area (Å²) in [7, 11) is 1.32. The molecule has 1 fully saturated rings. The number of aromatic amines is 3. The van der Waals surface area contributed by atoms with Gasteiger partial charge in [0.1, 0.15) is 30.1 Å². The molecule has 74 heavy (non-hydrogen) atoms. The Kier molecular flexibility index (Phi) is 27.4. The fourth-order valence-electron chi connectivity index (χ4n) is 6.50. The molecular formula is C47H47Cl6F6N3O12. The Morgan fingerprint density at radius 3 is 1.12 bits per heavy atom. The molecule has 27 heteroatoms. The molecule has 0 saturated heterocycles. The maximum Gasteiger partial charge on any atom is 0.387 e. The third kappa shape index (κ3) is 19.6. The number of phenolic OH excluding ortho intramolecular Hbond substituents is 1. The Morgan fingerprint density at radius 2 is 0.797 bits per heavy atom. The van der Waals surface area contributed by atoms with E-state index in [9.17, 15) is 46.8 Å². The van der Waals surface area contributed by atoms with E-state index in [1.165, 1.54) is 62.0 Å². The highest BCUT2D eigenvalue weighted by atomic mass is 35.5. The first kappa shape index (κ1) is 65.1. The van der Waals surface area contributed by atoms with Gasteiger partial charge in [-0.05, 0) is 71.8 Å². The van der Waals surface area contributed by atoms with Gasteiger partial charge in [-0.2, -0.15) is 26.3 Å². The van der Waals surface area contributed by atoms with Crippen molar-refractivity contribution in [3.05, 3.63) is 155 Å². The third-order valence-electron chi connectivity index (χ3n) is 10.3. The maximum atomic E-state index is 12.6. The lowest BCUT2D eigenvalue weighted by molar-refractivity contribution is -0.378. The quantitative estimate of drug-likeness (QED) is 0.0552. The number of ether oxygens (including phenoxy) is 5. The van der Waals surface area contributed by atoms with Crippen molar-refractivity contribution in [3.8, 4) is 34.5 Å². The van der Waals surface area contributed by atoms with Crippen LogP contribution in [0.1, 0.15) is 64.5 Å². The van der Waals surface area contributed by atoms with Crippen molar-refractivity contribution in [1.82, 2.24) is 0 Å². The lowest BCUT2D eigenvalue weighted by Crippen LogP contribution is -2.09. The zero-order valence-corrected chi connectivity index (χ0v) is 42.7. The molecule has 0 aliphatic heterocycles. The first-order valence-electron chi connectivity index (χ1n) is 20.9. The van der Waals surface area contributed by atoms with Gasteiger partial charge in [-0.3, -0.25) is 0 Å². The molecule has 3 aromatic carbocycles. The minimum atomic E-state index is -3.04. The summed E-state index contributed by atoms with van der Waals surface area (Å²) >= 11 is 36.3. The van der Waals surface area contributed by atoms with Crippen LogP contribution in [0, 0.1) is 5.92 Å². The highest BCUT2D eigenvalue weighted by Crippen LogP contribution is 2.38. The molecule has 10 N–H and O–H groups in total. The number of aromatic nitrogens is 3. The Morgan fingerprint density at radius 1 is 0.486 bits per heavy atom. The van der Waals surface area contributed by atoms with Crippen molar-refractivity contribution in [1.29, 1.82) is 0 Å². The number of benzene rings is 3. The molecule has 3 heterocycles. The number of nitrogens with one attached hydrogen (secondary N) is 3. The molecule has 1 aliphatic rings. The monoisotopic (exact) mass is 1170 g/mol. The fraction of sp³-hybridized carbons (Fsp3) is 0.298. The van der Waals surface area contributed by atoms with Crippen LogP contribution in [0.3, 0.4) is 0 Å². The van der Waals surface area contributed by atoms with E-state index in [0.717, 1.165) is 25.0 Å². The highest BCUT2D eigenvalue weighted by Gasteiger charge is 2.25. The SMILES string of the molecule is COc1cc([C@@H](O)Cc2c(Cl)c[nH+]cc2Cl)ccc1OC(F)F.O[C@@H](Cc1c(Cl)c[nH+]cc1Cl)c1ccc(OC(F)F)c(OCC2CC2)c1.Oc1cc([C@@H](O)Cc2c(Cl)c[nH+]cc2Cl)ccc1OC(F)F.[OH-].[OH-].[OH-]. The Hall–Kier alpha value is -5.01. The second kappa shape index (κ2) is 31.1. The predicted octanol–water partition coefficient (Wildman–Crippen LogP) is 11.0. The van der Waals surface area contributed by atoms with Crippen molar-refractivity contribution in [3.63, 3.8) is 0 Å². The molecule has 0 amide bonds. The van der Waals surface area contributed by atoms with Gasteiger partial charge in [-0.25, -0.2) is 15.0 Å². The molecular weight excluding hydrogens is 1130 g/mol. The lowest BCUT2D eigenvalue weighted by atomic mass is 10.0. The first-order valence-corrected chi connectivity index (χ1v) is 23.2. The summed E-state index contributed by atoms with van der Waals surface area (Å²) in [5.74, 6) is -0.286. The van der Waals surface area contributed by atoms with Gasteiger partial charge in [-0.15, -0.1) is 0 Å². The standard InChI is InChI=1S/C18H17Cl2F2NO3.C15H13Cl2F2NO3.C14H11Cl2F2NO3.3H2O/c19-13-7-23-8-14(20)12(13)6-15(24)11-3-4-16(26-18(21)22)17(5-11)25-9-10-1-2-10;1-22-14-4-8(2-3-13(14)23-15(18)19)12(21)5-9-10(16)6-20-7-11(9)17;15-9-5-19-6-10(16)8(9)4-11(20)7-1-2-13(12(21)3-7)22-14(17)18;;;/h3-5,7-8,10,15,18,24H,1-2,6,9H2;2-4,6-7,12,15,21H,5H2,1H3;1-3,5-6,11,14,20-21H,4H2;3*1H2/t15-;12-;11-;;;/m000.../s1. The number of aromatic hydroxyl groups is 1. The number of aliphatic hydroxyl groups excluding tert-OH is 3. The normalized spacial score (nSPS) is 12.9. The van der Waals surface area contributed by atoms with Crippen molar-refractivity contribution in [2.24, 2.45) is 5.92 Å². The average molecular weight is 1170 g/mol. The van der Waals surface area contributed by atoms with E-state index in [0.29, 0.717) is 76.0 Å². The third-order valence-corrected chi connectivity index (χ3v) is 12.3. The number of rotatable bonds is 19. The molecule has 0 unspecified atom stereocenters. The Bertz CT molecular complexity index is 2650. The lowest BCUT2D eigenvalue weighted by Gasteiger charge is -2.17. The molecule has 0 radical (unpaired) electrons. The van der Waals surface area contributed by atoms with Gasteiger partial charge in [0.15, 0.2) is 71.7 Å². The van der Waals surface area contributed by atoms with E-state index < -0.39 is 43.9 Å². The van der Waals surface area contributed by atoms with Crippen LogP contribution in [0.2, 0.25) is 30.1 Å². The van der Waals surface area contributed by atoms with Gasteiger partial charge in [0.25, 0.3) is 0 Å². The van der Waals surface area contributed by atoms with Crippen LogP contribution in [0.25, 0.3) is 0 Å². The molecule has 3 atom stereocenters. The highest BCUT2D eigenvalue weighted by molar-refractivity contribution is 6.36. The van der Waals surface area contributed by atoms with E-state index in [4.69, 9.17) is 79.1 Å².